The molecule has 4 aromatic heterocycles. The molecule has 4 amide bonds. The van der Waals surface area contributed by atoms with Gasteiger partial charge >= 0.3 is 30.4 Å². The highest BCUT2D eigenvalue weighted by Crippen LogP contribution is 2.59. The van der Waals surface area contributed by atoms with E-state index in [0.717, 1.165) is 53.1 Å². The van der Waals surface area contributed by atoms with Crippen LogP contribution in [0.25, 0.3) is 87.0 Å². The number of anilines is 4. The van der Waals surface area contributed by atoms with Crippen molar-refractivity contribution in [1.29, 1.82) is 0 Å². The largest absolute Gasteiger partial charge is 0.494 e. The Labute approximate surface area is 724 Å². The van der Waals surface area contributed by atoms with Gasteiger partial charge in [0, 0.05) is 80.5 Å². The van der Waals surface area contributed by atoms with Gasteiger partial charge in [-0.2, -0.15) is 0 Å². The van der Waals surface area contributed by atoms with Gasteiger partial charge in [-0.3, -0.25) is 37.4 Å². The number of halogens is 7. The first-order valence-corrected chi connectivity index (χ1v) is 46.5. The molecule has 4 heterocycles. The molecule has 0 bridgehead atoms. The lowest BCUT2D eigenvalue weighted by molar-refractivity contribution is -0.117. The number of rotatable bonds is 17. The van der Waals surface area contributed by atoms with Gasteiger partial charge in [0.05, 0.1) is 45.6 Å². The number of fused-ring (bicyclic) bond motifs is 8. The maximum absolute atomic E-state index is 13.0. The van der Waals surface area contributed by atoms with Crippen LogP contribution in [0.3, 0.4) is 0 Å². The van der Waals surface area contributed by atoms with Crippen molar-refractivity contribution in [1.82, 2.24) is 0 Å². The summed E-state index contributed by atoms with van der Waals surface area (Å²) in [5, 5.41) is 20.1. The van der Waals surface area contributed by atoms with Crippen LogP contribution in [-0.4, -0.2) is 69.9 Å². The zero-order valence-corrected chi connectivity index (χ0v) is 74.5. The Kier molecular flexibility index (Phi) is 26.5. The zero-order chi connectivity index (χ0) is 84.6. The second-order valence-electron chi connectivity index (χ2n) is 26.6. The third kappa shape index (κ3) is 19.3. The fraction of sp³-hybridized carbons (Fsp3) is 0.0732. The quantitative estimate of drug-likeness (QED) is 0.0377. The average Bonchev–Trinajstić information content (AvgIpc) is 1.61. The van der Waals surface area contributed by atoms with E-state index < -0.39 is 76.6 Å². The minimum atomic E-state index is -4.89. The summed E-state index contributed by atoms with van der Waals surface area (Å²) in [4.78, 5) is 132. The van der Waals surface area contributed by atoms with Crippen LogP contribution in [0, 0.1) is 6.92 Å². The van der Waals surface area contributed by atoms with E-state index in [-0.39, 0.29) is 22.3 Å². The monoisotopic (exact) mass is 2070 g/mol. The molecular weight excluding hydrogens is 2020 g/mol. The van der Waals surface area contributed by atoms with Crippen molar-refractivity contribution in [2.45, 2.75) is 29.6 Å². The van der Waals surface area contributed by atoms with Crippen LogP contribution in [0.5, 0.6) is 5.75 Å². The molecule has 0 fully saturated rings. The van der Waals surface area contributed by atoms with E-state index in [1.165, 1.54) is 38.2 Å². The first-order chi connectivity index (χ1) is 55.9. The van der Waals surface area contributed by atoms with Crippen LogP contribution in [0.4, 0.5) is 22.7 Å². The molecule has 0 radical (unpaired) electrons. The average molecular weight is 2080 g/mol. The molecule has 4 unspecified atom stereocenters. The van der Waals surface area contributed by atoms with Crippen molar-refractivity contribution in [3.8, 4) is 5.75 Å². The van der Waals surface area contributed by atoms with Gasteiger partial charge < -0.3 is 82.8 Å². The molecule has 0 saturated heterocycles. The predicted molar refractivity (Wildman–Crippen MR) is 477 cm³/mol. The Morgan fingerprint density at radius 2 is 0.669 bits per heavy atom. The van der Waals surface area contributed by atoms with Crippen LogP contribution in [-0.2, 0) is 37.4 Å². The highest BCUT2D eigenvalue weighted by Gasteiger charge is 2.44. The Hall–Kier alpha value is -8.71. The Morgan fingerprint density at radius 1 is 0.356 bits per heavy atom. The van der Waals surface area contributed by atoms with Crippen LogP contribution >= 0.6 is 138 Å². The van der Waals surface area contributed by atoms with Gasteiger partial charge in [0.1, 0.15) is 21.2 Å². The van der Waals surface area contributed by atoms with Crippen LogP contribution < -0.4 is 26.0 Å². The second-order valence-corrected chi connectivity index (χ2v) is 38.9. The molecule has 36 heteroatoms. The number of furan rings is 4. The SMILES string of the molecule is COc1c(Br)cc2c(C(C(=O)Nc3ccc4ccccc4c3)P(=O)(O)O)coc2c1Br.Cc1c(Br)cc2c(C(C(=O)Nc3ccc4ccccc4c3)P(=O)(O)O)coc2c1Br.O=C(Nc1ccc2ccccc2c1)C(c1coc2c(Br)cc(Br)cc12)P(=O)(O)O.O=C(Nc1ccc2ccccc2c1)C(c1coc2ccc(Cl)cc12)P(=O)(O)O. The summed E-state index contributed by atoms with van der Waals surface area (Å²) < 4.78 is 80.0. The summed E-state index contributed by atoms with van der Waals surface area (Å²) in [7, 11) is -17.9. The second kappa shape index (κ2) is 35.9. The van der Waals surface area contributed by atoms with Crippen LogP contribution in [0.2, 0.25) is 5.02 Å². The van der Waals surface area contributed by atoms with Gasteiger partial charge in [0.2, 0.25) is 23.6 Å². The molecule has 0 aliphatic carbocycles. The van der Waals surface area contributed by atoms with Gasteiger partial charge in [-0.25, -0.2) is 0 Å². The topological polar surface area (TPSA) is 408 Å². The van der Waals surface area contributed by atoms with Crippen LogP contribution in [0.15, 0.2) is 282 Å². The molecule has 25 nitrogen and oxygen atoms in total. The van der Waals surface area contributed by atoms with Gasteiger partial charge in [0.25, 0.3) is 0 Å². The molecule has 16 aromatic rings. The van der Waals surface area contributed by atoms with Crippen molar-refractivity contribution >= 4 is 271 Å². The summed E-state index contributed by atoms with van der Waals surface area (Å²) in [6.45, 7) is 1.86. The summed E-state index contributed by atoms with van der Waals surface area (Å²) >= 11 is 26.3. The Balaban J connectivity index is 0.000000136. The maximum Gasteiger partial charge on any atom is 0.342 e. The van der Waals surface area contributed by atoms with Crippen molar-refractivity contribution in [3.05, 3.63) is 297 Å². The van der Waals surface area contributed by atoms with E-state index in [2.05, 4.69) is 117 Å². The molecular formula is C82H61Br6ClN4O21P4. The van der Waals surface area contributed by atoms with Crippen molar-refractivity contribution in [3.63, 3.8) is 0 Å². The molecule has 0 spiro atoms. The number of carbonyl (C=O) groups excluding carboxylic acids is 4. The predicted octanol–water partition coefficient (Wildman–Crippen LogP) is 23.3. The van der Waals surface area contributed by atoms with Crippen molar-refractivity contribution in [2.24, 2.45) is 0 Å². The Bertz CT molecular complexity index is 6880. The molecule has 604 valence electrons. The summed E-state index contributed by atoms with van der Waals surface area (Å²) in [5.41, 5.74) is -2.35. The number of nitrogens with one attached hydrogen (secondary N) is 4. The summed E-state index contributed by atoms with van der Waals surface area (Å²) in [6, 6.07) is 62.9. The standard InChI is InChI=1S/C21H16Br2NO6P.C21H16Br2NO5P.C20H14Br2NO5P.C20H15ClNO5P/c1-29-19-16(22)9-14-15(10-30-18(14)17(19)23)20(31(26,27)28)21(25)24-13-7-6-11-4-2-3-5-12(11)8-13;1-11-17(22)9-15-16(10-29-19(15)18(11)23)20(30(26,27)28)21(25)24-14-7-6-12-4-2-3-5-13(12)8-14;21-13-8-15-16(10-28-18(15)17(22)9-13)19(29(25,26)27)20(24)23-14-6-5-11-3-1-2-4-12(11)7-14;21-14-6-8-18-16(10-14)17(11-27-18)19(28(24,25)26)20(23)22-15-7-5-12-3-1-2-4-13(12)9-15/h2-10,20H,1H3,(H,24,25)(H2,26,27,28);2-10,20H,1H3,(H,24,25)(H2,26,27,28);1-10,19H,(H,23,24)(H2,25,26,27);1-11,19H,(H,22,23)(H2,24,25,26). The van der Waals surface area contributed by atoms with Crippen molar-refractivity contribution < 1.29 is 99.0 Å². The van der Waals surface area contributed by atoms with E-state index >= 15 is 0 Å². The number of carbonyl (C=O) groups is 4. The minimum Gasteiger partial charge on any atom is -0.494 e. The van der Waals surface area contributed by atoms with E-state index in [0.29, 0.717) is 99.8 Å². The number of ether oxygens (including phenoxy) is 1. The number of hydrogen-bond donors (Lipinski definition) is 12. The minimum absolute atomic E-state index is 0.0747. The lowest BCUT2D eigenvalue weighted by atomic mass is 10.1. The third-order valence-corrected chi connectivity index (χ3v) is 27.9. The van der Waals surface area contributed by atoms with E-state index in [1.807, 2.05) is 128 Å². The van der Waals surface area contributed by atoms with Gasteiger partial charge in [0.15, 0.2) is 34.0 Å². The normalized spacial score (nSPS) is 12.9. The summed E-state index contributed by atoms with van der Waals surface area (Å²) in [5.74, 6) is -2.83. The highest BCUT2D eigenvalue weighted by atomic mass is 79.9. The van der Waals surface area contributed by atoms with Gasteiger partial charge in [-0.1, -0.05) is 165 Å². The fourth-order valence-electron chi connectivity index (χ4n) is 13.3. The number of benzene rings is 12. The molecule has 4 atom stereocenters. The third-order valence-electron chi connectivity index (χ3n) is 18.7. The lowest BCUT2D eigenvalue weighted by Gasteiger charge is -2.18. The smallest absolute Gasteiger partial charge is 0.342 e. The molecule has 118 heavy (non-hydrogen) atoms. The number of methoxy groups -OCH3 is 1. The summed E-state index contributed by atoms with van der Waals surface area (Å²) in [6.07, 6.45) is 4.81. The highest BCUT2D eigenvalue weighted by molar-refractivity contribution is 9.12. The number of hydrogen-bond acceptors (Lipinski definition) is 13. The van der Waals surface area contributed by atoms with Crippen LogP contribution in [0.1, 0.15) is 50.5 Å². The maximum atomic E-state index is 13.0. The first kappa shape index (κ1) is 87.1. The number of amides is 4. The molecule has 0 aliphatic heterocycles. The van der Waals surface area contributed by atoms with Gasteiger partial charge in [-0.05, 0) is 210 Å². The van der Waals surface area contributed by atoms with E-state index in [9.17, 15) is 76.6 Å². The Morgan fingerprint density at radius 3 is 1.03 bits per heavy atom. The molecule has 0 saturated carbocycles. The molecule has 12 N–H and O–H groups in total. The zero-order valence-electron chi connectivity index (χ0n) is 60.6. The molecule has 12 aromatic carbocycles. The lowest BCUT2D eigenvalue weighted by Crippen LogP contribution is -2.21. The first-order valence-electron chi connectivity index (χ1n) is 34.6. The van der Waals surface area contributed by atoms with Gasteiger partial charge in [-0.15, -0.1) is 0 Å². The van der Waals surface area contributed by atoms with Crippen molar-refractivity contribution in [2.75, 3.05) is 28.4 Å². The van der Waals surface area contributed by atoms with E-state index in [1.54, 1.807) is 84.9 Å². The van der Waals surface area contributed by atoms with E-state index in [4.69, 9.17) is 34.0 Å². The fourth-order valence-corrected chi connectivity index (χ4v) is 21.2. The molecule has 0 aliphatic rings. The molecule has 16 rings (SSSR count).